The predicted molar refractivity (Wildman–Crippen MR) is 168 cm³/mol. The zero-order valence-electron chi connectivity index (χ0n) is 25.4. The highest BCUT2D eigenvalue weighted by molar-refractivity contribution is 5.15. The first-order valence-corrected chi connectivity index (χ1v) is 16.9. The van der Waals surface area contributed by atoms with Crippen LogP contribution in [0.2, 0.25) is 0 Å². The molecule has 38 heavy (non-hydrogen) atoms. The first-order valence-electron chi connectivity index (χ1n) is 16.9. The van der Waals surface area contributed by atoms with Crippen LogP contribution in [0, 0.1) is 5.92 Å². The summed E-state index contributed by atoms with van der Waals surface area (Å²) in [5.41, 5.74) is 1.49. The number of rotatable bonds is 26. The molecule has 0 fully saturated rings. The summed E-state index contributed by atoms with van der Waals surface area (Å²) in [7, 11) is 0. The Kier molecular flexibility index (Phi) is 20.0. The number of nitrogens with zero attached hydrogens (tertiary/aromatic N) is 2. The number of benzene rings is 1. The topological polar surface area (TPSA) is 17.8 Å². The molecule has 216 valence electrons. The first-order chi connectivity index (χ1) is 18.8. The first kappa shape index (κ1) is 32.6. The lowest BCUT2D eigenvalue weighted by Gasteiger charge is -2.29. The number of imidazole rings is 1. The molecular formula is C36H62N2. The minimum Gasteiger partial charge on any atom is -0.334 e. The average molecular weight is 523 g/mol. The maximum atomic E-state index is 4.44. The molecule has 0 aliphatic heterocycles. The minimum atomic E-state index is 0.575. The van der Waals surface area contributed by atoms with Crippen LogP contribution in [-0.4, -0.2) is 9.55 Å². The Morgan fingerprint density at radius 2 is 1.05 bits per heavy atom. The molecule has 1 aromatic carbocycles. The van der Waals surface area contributed by atoms with E-state index in [4.69, 9.17) is 0 Å². The van der Waals surface area contributed by atoms with Gasteiger partial charge >= 0.3 is 0 Å². The molecule has 2 nitrogen and oxygen atoms in total. The number of hydrogen-bond donors (Lipinski definition) is 0. The standard InChI is InChI=1S/C36H62N2/c1-3-5-7-9-11-12-13-14-15-16-17-18-20-25-29-36(38-31-30-37-33-38)35(28-24-19-10-8-6-4-2)32-34-26-22-21-23-27-34/h21-23,26-27,30-31,33,35-36H,3-20,24-25,28-29,32H2,1-2H3. The van der Waals surface area contributed by atoms with Gasteiger partial charge < -0.3 is 4.57 Å². The lowest BCUT2D eigenvalue weighted by atomic mass is 9.84. The van der Waals surface area contributed by atoms with Crippen molar-refractivity contribution in [2.75, 3.05) is 0 Å². The van der Waals surface area contributed by atoms with Gasteiger partial charge in [-0.1, -0.05) is 173 Å². The van der Waals surface area contributed by atoms with Gasteiger partial charge in [-0.3, -0.25) is 0 Å². The molecule has 0 spiro atoms. The van der Waals surface area contributed by atoms with Crippen LogP contribution in [0.25, 0.3) is 0 Å². The third-order valence-electron chi connectivity index (χ3n) is 8.57. The van der Waals surface area contributed by atoms with Gasteiger partial charge in [0.15, 0.2) is 0 Å². The van der Waals surface area contributed by atoms with Crippen LogP contribution >= 0.6 is 0 Å². The quantitative estimate of drug-likeness (QED) is 0.112. The van der Waals surface area contributed by atoms with E-state index in [0.29, 0.717) is 12.0 Å². The van der Waals surface area contributed by atoms with Crippen LogP contribution < -0.4 is 0 Å². The molecule has 1 heterocycles. The maximum absolute atomic E-state index is 4.44. The third-order valence-corrected chi connectivity index (χ3v) is 8.57. The van der Waals surface area contributed by atoms with Gasteiger partial charge in [-0.05, 0) is 30.7 Å². The molecular weight excluding hydrogens is 460 g/mol. The van der Waals surface area contributed by atoms with E-state index in [1.165, 1.54) is 153 Å². The summed E-state index contributed by atoms with van der Waals surface area (Å²) in [5, 5.41) is 0. The van der Waals surface area contributed by atoms with Crippen LogP contribution in [0.3, 0.4) is 0 Å². The lowest BCUT2D eigenvalue weighted by Crippen LogP contribution is -2.21. The smallest absolute Gasteiger partial charge is 0.0948 e. The Labute approximate surface area is 237 Å². The van der Waals surface area contributed by atoms with E-state index in [1.807, 2.05) is 6.20 Å². The van der Waals surface area contributed by atoms with Crippen molar-refractivity contribution in [2.24, 2.45) is 5.92 Å². The Balaban J connectivity index is 1.71. The Hall–Kier alpha value is -1.57. The molecule has 0 aliphatic rings. The molecule has 0 amide bonds. The van der Waals surface area contributed by atoms with Crippen molar-refractivity contribution in [3.63, 3.8) is 0 Å². The van der Waals surface area contributed by atoms with Crippen LogP contribution in [0.1, 0.15) is 167 Å². The number of aromatic nitrogens is 2. The summed E-state index contributed by atoms with van der Waals surface area (Å²) >= 11 is 0. The molecule has 0 radical (unpaired) electrons. The fourth-order valence-electron chi connectivity index (χ4n) is 6.18. The van der Waals surface area contributed by atoms with Gasteiger partial charge in [-0.15, -0.1) is 0 Å². The van der Waals surface area contributed by atoms with E-state index >= 15 is 0 Å². The van der Waals surface area contributed by atoms with E-state index in [9.17, 15) is 0 Å². The van der Waals surface area contributed by atoms with Crippen LogP contribution in [0.15, 0.2) is 49.1 Å². The van der Waals surface area contributed by atoms with E-state index in [0.717, 1.165) is 0 Å². The maximum Gasteiger partial charge on any atom is 0.0948 e. The summed E-state index contributed by atoms with van der Waals surface area (Å²) in [6, 6.07) is 11.8. The van der Waals surface area contributed by atoms with Gasteiger partial charge in [0.2, 0.25) is 0 Å². The van der Waals surface area contributed by atoms with E-state index in [1.54, 1.807) is 0 Å². The van der Waals surface area contributed by atoms with Crippen molar-refractivity contribution in [1.82, 2.24) is 9.55 Å². The second-order valence-electron chi connectivity index (χ2n) is 12.0. The highest BCUT2D eigenvalue weighted by Crippen LogP contribution is 2.32. The molecule has 2 atom stereocenters. The highest BCUT2D eigenvalue weighted by Gasteiger charge is 2.23. The van der Waals surface area contributed by atoms with E-state index in [-0.39, 0.29) is 0 Å². The van der Waals surface area contributed by atoms with Crippen molar-refractivity contribution >= 4 is 0 Å². The van der Waals surface area contributed by atoms with Crippen LogP contribution in [-0.2, 0) is 6.42 Å². The second kappa shape index (κ2) is 23.3. The average Bonchev–Trinajstić information content (AvgIpc) is 3.48. The van der Waals surface area contributed by atoms with Crippen LogP contribution in [0.4, 0.5) is 0 Å². The lowest BCUT2D eigenvalue weighted by molar-refractivity contribution is 0.275. The molecule has 0 bridgehead atoms. The van der Waals surface area contributed by atoms with Gasteiger partial charge in [-0.2, -0.15) is 0 Å². The third kappa shape index (κ3) is 15.7. The fraction of sp³-hybridized carbons (Fsp3) is 0.750. The summed E-state index contributed by atoms with van der Waals surface area (Å²) in [5.74, 6) is 0.694. The number of unbranched alkanes of at least 4 members (excludes halogenated alkanes) is 18. The van der Waals surface area contributed by atoms with Gasteiger partial charge in [0.05, 0.1) is 6.33 Å². The SMILES string of the molecule is CCCCCCCCCCCCCCCCC(C(CCCCCCCC)Cc1ccccc1)n1ccnc1. The van der Waals surface area contributed by atoms with E-state index in [2.05, 4.69) is 66.3 Å². The van der Waals surface area contributed by atoms with Gasteiger partial charge in [-0.25, -0.2) is 4.98 Å². The molecule has 2 unspecified atom stereocenters. The fourth-order valence-corrected chi connectivity index (χ4v) is 6.18. The Bertz CT molecular complexity index is 723. The molecule has 1 aromatic heterocycles. The monoisotopic (exact) mass is 522 g/mol. The van der Waals surface area contributed by atoms with Crippen LogP contribution in [0.5, 0.6) is 0 Å². The minimum absolute atomic E-state index is 0.575. The van der Waals surface area contributed by atoms with E-state index < -0.39 is 0 Å². The summed E-state index contributed by atoms with van der Waals surface area (Å²) in [6.45, 7) is 4.61. The summed E-state index contributed by atoms with van der Waals surface area (Å²) in [6.07, 6.45) is 38.4. The van der Waals surface area contributed by atoms with Gasteiger partial charge in [0.25, 0.3) is 0 Å². The van der Waals surface area contributed by atoms with Crippen molar-refractivity contribution in [1.29, 1.82) is 0 Å². The zero-order chi connectivity index (χ0) is 26.9. The Morgan fingerprint density at radius 3 is 1.53 bits per heavy atom. The largest absolute Gasteiger partial charge is 0.334 e. The van der Waals surface area contributed by atoms with Crippen molar-refractivity contribution in [3.05, 3.63) is 54.6 Å². The van der Waals surface area contributed by atoms with Gasteiger partial charge in [0.1, 0.15) is 0 Å². The van der Waals surface area contributed by atoms with Crippen molar-refractivity contribution in [2.45, 2.75) is 168 Å². The highest BCUT2D eigenvalue weighted by atomic mass is 15.1. The molecule has 2 rings (SSSR count). The molecule has 2 aromatic rings. The molecule has 2 heteroatoms. The molecule has 0 saturated heterocycles. The normalized spacial score (nSPS) is 13.1. The predicted octanol–water partition coefficient (Wildman–Crippen LogP) is 11.9. The summed E-state index contributed by atoms with van der Waals surface area (Å²) < 4.78 is 2.44. The summed E-state index contributed by atoms with van der Waals surface area (Å²) in [4.78, 5) is 4.44. The number of hydrogen-bond acceptors (Lipinski definition) is 1. The zero-order valence-corrected chi connectivity index (χ0v) is 25.4. The molecule has 0 aliphatic carbocycles. The van der Waals surface area contributed by atoms with Crippen molar-refractivity contribution < 1.29 is 0 Å². The second-order valence-corrected chi connectivity index (χ2v) is 12.0. The molecule has 0 saturated carbocycles. The molecule has 0 N–H and O–H groups in total. The van der Waals surface area contributed by atoms with Gasteiger partial charge in [0, 0.05) is 18.4 Å². The Morgan fingerprint density at radius 1 is 0.579 bits per heavy atom. The van der Waals surface area contributed by atoms with Crippen molar-refractivity contribution in [3.8, 4) is 0 Å².